The first-order chi connectivity index (χ1) is 12.4. The Labute approximate surface area is 169 Å². The summed E-state index contributed by atoms with van der Waals surface area (Å²) < 4.78 is 6.49. The van der Waals surface area contributed by atoms with Crippen LogP contribution in [0.15, 0.2) is 0 Å². The molecular weight excluding hydrogens is 352 g/mol. The summed E-state index contributed by atoms with van der Waals surface area (Å²) in [4.78, 5) is 15.5. The Hall–Kier alpha value is -0.863. The first-order valence-corrected chi connectivity index (χ1v) is 12.0. The van der Waals surface area contributed by atoms with Crippen LogP contribution in [0.3, 0.4) is 0 Å². The summed E-state index contributed by atoms with van der Waals surface area (Å²) in [5.74, 6) is 0.716. The zero-order valence-electron chi connectivity index (χ0n) is 18.6. The van der Waals surface area contributed by atoms with E-state index in [0.717, 1.165) is 45.1 Å². The Bertz CT molecular complexity index is 564. The van der Waals surface area contributed by atoms with Gasteiger partial charge in [0.2, 0.25) is 5.91 Å². The number of nitriles is 1. The van der Waals surface area contributed by atoms with Crippen molar-refractivity contribution in [3.05, 3.63) is 0 Å². The quantitative estimate of drug-likeness (QED) is 0.665. The normalized spacial score (nSPS) is 30.4. The van der Waals surface area contributed by atoms with Crippen molar-refractivity contribution in [2.45, 2.75) is 104 Å². The van der Waals surface area contributed by atoms with Gasteiger partial charge in [0.1, 0.15) is 0 Å². The molecule has 1 saturated carbocycles. The second-order valence-corrected chi connectivity index (χ2v) is 13.7. The van der Waals surface area contributed by atoms with E-state index in [1.54, 1.807) is 0 Å². The van der Waals surface area contributed by atoms with E-state index in [9.17, 15) is 10.1 Å². The van der Waals surface area contributed by atoms with Crippen LogP contribution in [-0.4, -0.2) is 38.8 Å². The summed E-state index contributed by atoms with van der Waals surface area (Å²) in [6.07, 6.45) is 6.12. The van der Waals surface area contributed by atoms with E-state index >= 15 is 0 Å². The van der Waals surface area contributed by atoms with Gasteiger partial charge in [0, 0.05) is 24.4 Å². The molecule has 2 rings (SSSR count). The minimum atomic E-state index is -0.673. The molecule has 0 N–H and O–H groups in total. The van der Waals surface area contributed by atoms with E-state index < -0.39 is 9.76 Å². The lowest BCUT2D eigenvalue weighted by Crippen LogP contribution is -2.45. The van der Waals surface area contributed by atoms with Gasteiger partial charge in [0.25, 0.3) is 0 Å². The molecule has 0 aromatic rings. The topological polar surface area (TPSA) is 53.3 Å². The van der Waals surface area contributed by atoms with Gasteiger partial charge < -0.3 is 9.33 Å². The van der Waals surface area contributed by atoms with Crippen LogP contribution in [0.2, 0.25) is 5.04 Å². The highest BCUT2D eigenvalue weighted by molar-refractivity contribution is 6.31. The predicted molar refractivity (Wildman–Crippen MR) is 113 cm³/mol. The Morgan fingerprint density at radius 3 is 2.15 bits per heavy atom. The predicted octanol–water partition coefficient (Wildman–Crippen LogP) is 4.43. The number of hydrogen-bond donors (Lipinski definition) is 0. The van der Waals surface area contributed by atoms with E-state index in [1.807, 2.05) is 0 Å². The van der Waals surface area contributed by atoms with Crippen molar-refractivity contribution in [2.75, 3.05) is 6.54 Å². The Balaban J connectivity index is 2.11. The van der Waals surface area contributed by atoms with Crippen molar-refractivity contribution in [1.82, 2.24) is 4.90 Å². The van der Waals surface area contributed by atoms with Crippen LogP contribution < -0.4 is 0 Å². The molecule has 0 bridgehead atoms. The van der Waals surface area contributed by atoms with E-state index in [0.29, 0.717) is 11.9 Å². The van der Waals surface area contributed by atoms with E-state index in [1.165, 1.54) is 0 Å². The van der Waals surface area contributed by atoms with Gasteiger partial charge >= 0.3 is 0 Å². The van der Waals surface area contributed by atoms with Crippen molar-refractivity contribution >= 4 is 15.7 Å². The van der Waals surface area contributed by atoms with Crippen molar-refractivity contribution in [3.63, 3.8) is 0 Å². The standard InChI is InChI=1S/C22H40N2O2Si/c1-20(2,3)27-26-22(6,7)18-15-24(19(25)21(18,4)5)17-12-8-10-16(14-23)11-9-13-17/h16-18H,8-13,15,27H2,1-7H3. The summed E-state index contributed by atoms with van der Waals surface area (Å²) in [7, 11) is -0.673. The monoisotopic (exact) mass is 392 g/mol. The second kappa shape index (κ2) is 8.25. The molecule has 1 aliphatic carbocycles. The van der Waals surface area contributed by atoms with Crippen molar-refractivity contribution < 1.29 is 9.22 Å². The highest BCUT2D eigenvalue weighted by atomic mass is 28.2. The Morgan fingerprint density at radius 2 is 1.67 bits per heavy atom. The number of likely N-dealkylation sites (tertiary alicyclic amines) is 1. The van der Waals surface area contributed by atoms with Crippen LogP contribution in [0.1, 0.15) is 87.0 Å². The first-order valence-electron chi connectivity index (χ1n) is 10.7. The lowest BCUT2D eigenvalue weighted by atomic mass is 9.73. The zero-order chi connectivity index (χ0) is 20.5. The molecule has 1 heterocycles. The maximum Gasteiger partial charge on any atom is 0.228 e. The first kappa shape index (κ1) is 22.4. The summed E-state index contributed by atoms with van der Waals surface area (Å²) >= 11 is 0. The summed E-state index contributed by atoms with van der Waals surface area (Å²) in [6.45, 7) is 16.1. The molecule has 1 aliphatic heterocycles. The molecule has 0 aromatic heterocycles. The minimum absolute atomic E-state index is 0.208. The molecule has 0 radical (unpaired) electrons. The van der Waals surface area contributed by atoms with Crippen molar-refractivity contribution in [3.8, 4) is 6.07 Å². The number of hydrogen-bond acceptors (Lipinski definition) is 3. The lowest BCUT2D eigenvalue weighted by molar-refractivity contribution is -0.138. The largest absolute Gasteiger partial charge is 0.418 e. The minimum Gasteiger partial charge on any atom is -0.418 e. The molecule has 4 nitrogen and oxygen atoms in total. The molecule has 1 atom stereocenters. The Kier molecular flexibility index (Phi) is 6.85. The highest BCUT2D eigenvalue weighted by Crippen LogP contribution is 2.46. The molecule has 27 heavy (non-hydrogen) atoms. The maximum atomic E-state index is 13.3. The van der Waals surface area contributed by atoms with Gasteiger partial charge in [-0.3, -0.25) is 4.79 Å². The van der Waals surface area contributed by atoms with Crippen LogP contribution >= 0.6 is 0 Å². The van der Waals surface area contributed by atoms with Crippen LogP contribution in [0.5, 0.6) is 0 Å². The molecular formula is C22H40N2O2Si. The third-order valence-corrected chi connectivity index (χ3v) is 8.34. The van der Waals surface area contributed by atoms with Gasteiger partial charge in [-0.1, -0.05) is 47.5 Å². The number of nitrogens with zero attached hydrogens (tertiary/aromatic N) is 2. The summed E-state index contributed by atoms with van der Waals surface area (Å²) in [6, 6.07) is 2.77. The number of carbonyl (C=O) groups is 1. The molecule has 1 amide bonds. The summed E-state index contributed by atoms with van der Waals surface area (Å²) in [5.41, 5.74) is -0.658. The molecule has 2 fully saturated rings. The zero-order valence-corrected chi connectivity index (χ0v) is 20.0. The van der Waals surface area contributed by atoms with Crippen molar-refractivity contribution in [2.24, 2.45) is 17.3 Å². The highest BCUT2D eigenvalue weighted by Gasteiger charge is 2.54. The maximum absolute atomic E-state index is 13.3. The molecule has 5 heteroatoms. The van der Waals surface area contributed by atoms with Crippen LogP contribution in [0.4, 0.5) is 0 Å². The fourth-order valence-corrected chi connectivity index (χ4v) is 5.87. The summed E-state index contributed by atoms with van der Waals surface area (Å²) in [5, 5.41) is 9.45. The third kappa shape index (κ3) is 5.35. The molecule has 1 saturated heterocycles. The fourth-order valence-electron chi connectivity index (χ4n) is 4.86. The van der Waals surface area contributed by atoms with Crippen LogP contribution in [0, 0.1) is 28.6 Å². The van der Waals surface area contributed by atoms with E-state index in [2.05, 4.69) is 59.4 Å². The number of rotatable bonds is 4. The van der Waals surface area contributed by atoms with Gasteiger partial charge in [-0.05, 0) is 44.6 Å². The van der Waals surface area contributed by atoms with Gasteiger partial charge in [-0.2, -0.15) is 5.26 Å². The van der Waals surface area contributed by atoms with Gasteiger partial charge in [0.05, 0.1) is 17.1 Å². The van der Waals surface area contributed by atoms with Gasteiger partial charge in [-0.15, -0.1) is 0 Å². The molecule has 0 aromatic carbocycles. The van der Waals surface area contributed by atoms with Gasteiger partial charge in [0.15, 0.2) is 9.76 Å². The van der Waals surface area contributed by atoms with Gasteiger partial charge in [-0.25, -0.2) is 0 Å². The van der Waals surface area contributed by atoms with Crippen LogP contribution in [-0.2, 0) is 9.22 Å². The lowest BCUT2D eigenvalue weighted by Gasteiger charge is -2.40. The van der Waals surface area contributed by atoms with Crippen LogP contribution in [0.25, 0.3) is 0 Å². The SMILES string of the molecule is CC(C)(C)[SiH2]OC(C)(C)C1CN(C2CCCC(C#N)CCC2)C(=O)C1(C)C. The smallest absolute Gasteiger partial charge is 0.228 e. The van der Waals surface area contributed by atoms with Crippen molar-refractivity contribution in [1.29, 1.82) is 5.26 Å². The second-order valence-electron chi connectivity index (χ2n) is 11.0. The number of amides is 1. The Morgan fingerprint density at radius 1 is 1.11 bits per heavy atom. The average molecular weight is 393 g/mol. The molecule has 154 valence electrons. The fraction of sp³-hybridized carbons (Fsp3) is 0.909. The average Bonchev–Trinajstić information content (AvgIpc) is 2.77. The van der Waals surface area contributed by atoms with E-state index in [-0.39, 0.29) is 27.9 Å². The number of carbonyl (C=O) groups excluding carboxylic acids is 1. The molecule has 1 unspecified atom stereocenters. The molecule has 2 aliphatic rings. The molecule has 0 spiro atoms. The van der Waals surface area contributed by atoms with E-state index in [4.69, 9.17) is 4.43 Å². The third-order valence-electron chi connectivity index (χ3n) is 6.58.